The van der Waals surface area contributed by atoms with Gasteiger partial charge in [0.25, 0.3) is 5.91 Å². The van der Waals surface area contributed by atoms with Gasteiger partial charge in [-0.05, 0) is 35.9 Å². The van der Waals surface area contributed by atoms with Gasteiger partial charge in [-0.3, -0.25) is 9.89 Å². The van der Waals surface area contributed by atoms with Crippen molar-refractivity contribution < 1.29 is 14.3 Å². The van der Waals surface area contributed by atoms with Crippen LogP contribution in [0.2, 0.25) is 0 Å². The van der Waals surface area contributed by atoms with Crippen molar-refractivity contribution in [3.8, 4) is 22.8 Å². The standard InChI is InChI=1S/C25H23N5O3/c1-29-25-19(15-26-29)17-7-9-21-18(14-17)20(27-28-21)8-6-16-4-2-3-5-22(16)33-23-10-11-30(24(23)31)12-13-32-25/h2-9,14-15,23H,10-13H2,1H3,(H,27,28)/b8-6+/t23-/m1/s1. The quantitative estimate of drug-likeness (QED) is 0.451. The zero-order valence-corrected chi connectivity index (χ0v) is 18.2. The van der Waals surface area contributed by atoms with Crippen LogP contribution in [0.4, 0.5) is 0 Å². The van der Waals surface area contributed by atoms with E-state index in [2.05, 4.69) is 21.4 Å². The third-order valence-corrected chi connectivity index (χ3v) is 6.24. The number of aryl methyl sites for hydroxylation is 1. The molecule has 4 aromatic rings. The Labute approximate surface area is 190 Å². The molecule has 4 bridgehead atoms. The number of carbonyl (C=O) groups is 1. The summed E-state index contributed by atoms with van der Waals surface area (Å²) in [6.45, 7) is 1.52. The lowest BCUT2D eigenvalue weighted by Crippen LogP contribution is -2.35. The number of ether oxygens (including phenoxy) is 2. The van der Waals surface area contributed by atoms with Crippen LogP contribution in [0.1, 0.15) is 17.7 Å². The van der Waals surface area contributed by atoms with Crippen molar-refractivity contribution in [2.24, 2.45) is 7.05 Å². The first-order valence-electron chi connectivity index (χ1n) is 11.0. The van der Waals surface area contributed by atoms with Crippen molar-refractivity contribution in [1.82, 2.24) is 24.9 Å². The van der Waals surface area contributed by atoms with Crippen molar-refractivity contribution in [2.75, 3.05) is 19.7 Å². The van der Waals surface area contributed by atoms with Crippen molar-refractivity contribution in [3.63, 3.8) is 0 Å². The molecule has 2 aromatic heterocycles. The zero-order valence-electron chi connectivity index (χ0n) is 18.2. The average Bonchev–Trinajstić information content (AvgIpc) is 3.51. The van der Waals surface area contributed by atoms with Gasteiger partial charge in [0.05, 0.1) is 29.5 Å². The van der Waals surface area contributed by atoms with Crippen LogP contribution in [0.15, 0.2) is 48.7 Å². The first kappa shape index (κ1) is 19.6. The molecule has 4 heterocycles. The number of nitrogens with zero attached hydrogens (tertiary/aromatic N) is 4. The maximum atomic E-state index is 12.9. The van der Waals surface area contributed by atoms with Gasteiger partial charge in [0.15, 0.2) is 6.10 Å². The number of aromatic amines is 1. The number of para-hydroxylation sites is 1. The number of H-pyrrole nitrogens is 1. The van der Waals surface area contributed by atoms with Crippen LogP contribution in [0, 0.1) is 0 Å². The Morgan fingerprint density at radius 1 is 1.12 bits per heavy atom. The van der Waals surface area contributed by atoms with E-state index >= 15 is 0 Å². The minimum atomic E-state index is -0.491. The molecule has 1 saturated heterocycles. The Morgan fingerprint density at radius 3 is 2.97 bits per heavy atom. The number of aromatic nitrogens is 4. The number of carbonyl (C=O) groups excluding carboxylic acids is 1. The van der Waals surface area contributed by atoms with Crippen molar-refractivity contribution >= 4 is 29.0 Å². The van der Waals surface area contributed by atoms with Crippen LogP contribution in [0.3, 0.4) is 0 Å². The molecule has 2 aliphatic rings. The summed E-state index contributed by atoms with van der Waals surface area (Å²) in [5.74, 6) is 1.35. The fraction of sp³-hybridized carbons (Fsp3) is 0.240. The molecule has 2 aliphatic heterocycles. The number of amides is 1. The lowest BCUT2D eigenvalue weighted by Gasteiger charge is -2.18. The number of hydrogen-bond acceptors (Lipinski definition) is 5. The minimum absolute atomic E-state index is 0.00686. The van der Waals surface area contributed by atoms with E-state index in [1.54, 1.807) is 15.8 Å². The summed E-state index contributed by atoms with van der Waals surface area (Å²) in [7, 11) is 1.86. The summed E-state index contributed by atoms with van der Waals surface area (Å²) in [5.41, 5.74) is 4.56. The van der Waals surface area contributed by atoms with E-state index in [0.717, 1.165) is 33.3 Å². The third kappa shape index (κ3) is 3.44. The topological polar surface area (TPSA) is 85.3 Å². The zero-order chi connectivity index (χ0) is 22.4. The molecule has 33 heavy (non-hydrogen) atoms. The number of nitrogens with one attached hydrogen (secondary N) is 1. The number of hydrogen-bond donors (Lipinski definition) is 1. The smallest absolute Gasteiger partial charge is 0.263 e. The molecule has 1 fully saturated rings. The maximum Gasteiger partial charge on any atom is 0.263 e. The van der Waals surface area contributed by atoms with Gasteiger partial charge in [-0.25, -0.2) is 4.68 Å². The van der Waals surface area contributed by atoms with Gasteiger partial charge in [0.2, 0.25) is 5.88 Å². The summed E-state index contributed by atoms with van der Waals surface area (Å²) in [6.07, 6.45) is 5.91. The molecule has 8 nitrogen and oxygen atoms in total. The molecule has 0 aliphatic carbocycles. The lowest BCUT2D eigenvalue weighted by molar-refractivity contribution is -0.133. The molecule has 0 unspecified atom stereocenters. The van der Waals surface area contributed by atoms with Crippen LogP contribution < -0.4 is 9.47 Å². The van der Waals surface area contributed by atoms with Gasteiger partial charge in [0.1, 0.15) is 12.4 Å². The number of rotatable bonds is 0. The van der Waals surface area contributed by atoms with Crippen molar-refractivity contribution in [3.05, 3.63) is 59.9 Å². The summed E-state index contributed by atoms with van der Waals surface area (Å²) in [4.78, 5) is 14.7. The van der Waals surface area contributed by atoms with E-state index in [0.29, 0.717) is 37.7 Å². The minimum Gasteiger partial charge on any atom is -0.480 e. The lowest BCUT2D eigenvalue weighted by atomic mass is 10.0. The molecule has 166 valence electrons. The van der Waals surface area contributed by atoms with Crippen LogP contribution in [-0.4, -0.2) is 56.6 Å². The second-order valence-corrected chi connectivity index (χ2v) is 8.30. The molecule has 0 saturated carbocycles. The largest absolute Gasteiger partial charge is 0.480 e. The number of fused-ring (bicyclic) bond motifs is 6. The fourth-order valence-corrected chi connectivity index (χ4v) is 4.47. The highest BCUT2D eigenvalue weighted by atomic mass is 16.5. The molecule has 6 rings (SSSR count). The molecular formula is C25H23N5O3. The van der Waals surface area contributed by atoms with Gasteiger partial charge in [-0.15, -0.1) is 0 Å². The maximum absolute atomic E-state index is 12.9. The Hall–Kier alpha value is -4.07. The van der Waals surface area contributed by atoms with E-state index in [9.17, 15) is 4.79 Å². The van der Waals surface area contributed by atoms with E-state index in [4.69, 9.17) is 9.47 Å². The van der Waals surface area contributed by atoms with Gasteiger partial charge in [-0.1, -0.05) is 24.3 Å². The summed E-state index contributed by atoms with van der Waals surface area (Å²) in [6, 6.07) is 13.9. The normalized spacial score (nSPS) is 19.0. The fourth-order valence-electron chi connectivity index (χ4n) is 4.47. The van der Waals surface area contributed by atoms with Gasteiger partial charge < -0.3 is 14.4 Å². The summed E-state index contributed by atoms with van der Waals surface area (Å²) >= 11 is 0. The Balaban J connectivity index is 1.48. The van der Waals surface area contributed by atoms with Crippen LogP contribution in [0.25, 0.3) is 34.2 Å². The first-order valence-corrected chi connectivity index (χ1v) is 11.0. The number of benzene rings is 2. The molecule has 0 radical (unpaired) electrons. The molecule has 1 atom stereocenters. The summed E-state index contributed by atoms with van der Waals surface area (Å²) < 4.78 is 14.0. The molecule has 1 N–H and O–H groups in total. The van der Waals surface area contributed by atoms with E-state index in [-0.39, 0.29) is 5.91 Å². The molecular weight excluding hydrogens is 418 g/mol. The molecule has 8 heteroatoms. The van der Waals surface area contributed by atoms with Gasteiger partial charge >= 0.3 is 0 Å². The predicted octanol–water partition coefficient (Wildman–Crippen LogP) is 3.51. The Morgan fingerprint density at radius 2 is 2.03 bits per heavy atom. The highest BCUT2D eigenvalue weighted by Crippen LogP contribution is 2.33. The molecule has 1 amide bonds. The second kappa shape index (κ2) is 7.81. The highest BCUT2D eigenvalue weighted by Gasteiger charge is 2.33. The molecule has 2 aromatic carbocycles. The van der Waals surface area contributed by atoms with Crippen molar-refractivity contribution in [2.45, 2.75) is 12.5 Å². The van der Waals surface area contributed by atoms with Gasteiger partial charge in [-0.2, -0.15) is 10.2 Å². The third-order valence-electron chi connectivity index (χ3n) is 6.24. The van der Waals surface area contributed by atoms with Crippen LogP contribution >= 0.6 is 0 Å². The van der Waals surface area contributed by atoms with Crippen LogP contribution in [0.5, 0.6) is 11.6 Å². The van der Waals surface area contributed by atoms with Gasteiger partial charge in [0, 0.05) is 31.0 Å². The first-order chi connectivity index (χ1) is 16.2. The monoisotopic (exact) mass is 441 g/mol. The SMILES string of the molecule is Cn1ncc2c1OCCN1CC[C@@H](Oc3ccccc3/C=C/c3n[nH]c4ccc-2cc34)C1=O. The van der Waals surface area contributed by atoms with E-state index in [1.165, 1.54) is 0 Å². The molecule has 0 spiro atoms. The van der Waals surface area contributed by atoms with Crippen molar-refractivity contribution in [1.29, 1.82) is 0 Å². The van der Waals surface area contributed by atoms with Crippen LogP contribution in [-0.2, 0) is 11.8 Å². The second-order valence-electron chi connectivity index (χ2n) is 8.30. The Kier molecular flexibility index (Phi) is 4.64. The highest BCUT2D eigenvalue weighted by molar-refractivity contribution is 5.93. The van der Waals surface area contributed by atoms with E-state index in [1.807, 2.05) is 55.6 Å². The Bertz CT molecular complexity index is 1390. The van der Waals surface area contributed by atoms with E-state index < -0.39 is 6.10 Å². The summed E-state index contributed by atoms with van der Waals surface area (Å²) in [5, 5.41) is 13.0. The predicted molar refractivity (Wildman–Crippen MR) is 125 cm³/mol. The average molecular weight is 441 g/mol.